The first kappa shape index (κ1) is 11.9. The third kappa shape index (κ3) is 2.76. The molecule has 16 heavy (non-hydrogen) atoms. The lowest BCUT2D eigenvalue weighted by atomic mass is 9.81. The van der Waals surface area contributed by atoms with E-state index in [-0.39, 0.29) is 11.3 Å². The normalized spacial score (nSPS) is 32.3. The van der Waals surface area contributed by atoms with Crippen molar-refractivity contribution in [1.29, 1.82) is 0 Å². The van der Waals surface area contributed by atoms with Crippen molar-refractivity contribution in [2.45, 2.75) is 57.9 Å². The minimum absolute atomic E-state index is 0.171. The summed E-state index contributed by atoms with van der Waals surface area (Å²) in [6.07, 6.45) is 8.39. The topological polar surface area (TPSA) is 41.1 Å². The van der Waals surface area contributed by atoms with E-state index in [1.165, 1.54) is 32.1 Å². The average Bonchev–Trinajstić information content (AvgIpc) is 2.31. The molecule has 2 fully saturated rings. The molecule has 0 aromatic rings. The summed E-state index contributed by atoms with van der Waals surface area (Å²) in [5.74, 6) is 0.270. The Morgan fingerprint density at radius 1 is 1.25 bits per heavy atom. The van der Waals surface area contributed by atoms with E-state index in [0.717, 1.165) is 25.9 Å². The summed E-state index contributed by atoms with van der Waals surface area (Å²) in [6.45, 7) is 4.00. The van der Waals surface area contributed by atoms with Crippen LogP contribution in [0.15, 0.2) is 0 Å². The Kier molecular flexibility index (Phi) is 3.85. The number of carbonyl (C=O) groups is 1. The van der Waals surface area contributed by atoms with E-state index < -0.39 is 0 Å². The summed E-state index contributed by atoms with van der Waals surface area (Å²) < 4.78 is 0. The second-order valence-electron chi connectivity index (χ2n) is 5.65. The quantitative estimate of drug-likeness (QED) is 0.751. The highest BCUT2D eigenvalue weighted by Gasteiger charge is 2.35. The zero-order chi connectivity index (χ0) is 11.4. The third-order valence-electron chi connectivity index (χ3n) is 4.09. The first-order chi connectivity index (χ1) is 7.71. The maximum absolute atomic E-state index is 12.2. The smallest absolute Gasteiger partial charge is 0.227 e. The van der Waals surface area contributed by atoms with Crippen molar-refractivity contribution in [2.24, 2.45) is 5.41 Å². The first-order valence-corrected chi connectivity index (χ1v) is 6.72. The third-order valence-corrected chi connectivity index (χ3v) is 4.09. The monoisotopic (exact) mass is 224 g/mol. The van der Waals surface area contributed by atoms with Gasteiger partial charge in [0, 0.05) is 12.6 Å². The van der Waals surface area contributed by atoms with Crippen molar-refractivity contribution in [3.63, 3.8) is 0 Å². The van der Waals surface area contributed by atoms with Gasteiger partial charge in [0.05, 0.1) is 5.41 Å². The van der Waals surface area contributed by atoms with Crippen molar-refractivity contribution >= 4 is 5.91 Å². The van der Waals surface area contributed by atoms with Crippen molar-refractivity contribution < 1.29 is 4.79 Å². The molecule has 1 saturated heterocycles. The molecule has 1 heterocycles. The van der Waals surface area contributed by atoms with Crippen molar-refractivity contribution in [3.05, 3.63) is 0 Å². The maximum atomic E-state index is 12.2. The zero-order valence-electron chi connectivity index (χ0n) is 10.3. The Hall–Kier alpha value is -0.570. The SMILES string of the molecule is CC1(C(=O)NC2CCCCC2)CCCNC1. The van der Waals surface area contributed by atoms with Gasteiger partial charge in [0.1, 0.15) is 0 Å². The summed E-state index contributed by atoms with van der Waals surface area (Å²) in [5.41, 5.74) is -0.171. The van der Waals surface area contributed by atoms with Crippen LogP contribution in [0.5, 0.6) is 0 Å². The minimum atomic E-state index is -0.171. The molecule has 0 bridgehead atoms. The van der Waals surface area contributed by atoms with Crippen LogP contribution in [0.1, 0.15) is 51.9 Å². The maximum Gasteiger partial charge on any atom is 0.227 e. The molecule has 0 radical (unpaired) electrons. The fourth-order valence-electron chi connectivity index (χ4n) is 2.86. The van der Waals surface area contributed by atoms with Crippen LogP contribution in [0.2, 0.25) is 0 Å². The van der Waals surface area contributed by atoms with Crippen LogP contribution in [0.3, 0.4) is 0 Å². The number of carbonyl (C=O) groups excluding carboxylic acids is 1. The van der Waals surface area contributed by atoms with E-state index in [1.807, 2.05) is 0 Å². The van der Waals surface area contributed by atoms with Gasteiger partial charge in [-0.05, 0) is 39.2 Å². The van der Waals surface area contributed by atoms with E-state index in [1.54, 1.807) is 0 Å². The van der Waals surface area contributed by atoms with E-state index in [2.05, 4.69) is 17.6 Å². The van der Waals surface area contributed by atoms with Gasteiger partial charge < -0.3 is 10.6 Å². The molecule has 0 aromatic heterocycles. The standard InChI is InChI=1S/C13H24N2O/c1-13(8-5-9-14-10-13)12(16)15-11-6-3-2-4-7-11/h11,14H,2-10H2,1H3,(H,15,16). The van der Waals surface area contributed by atoms with E-state index in [0.29, 0.717) is 6.04 Å². The van der Waals surface area contributed by atoms with Gasteiger partial charge in [0.15, 0.2) is 0 Å². The molecule has 0 aromatic carbocycles. The number of rotatable bonds is 2. The number of piperidine rings is 1. The summed E-state index contributed by atoms with van der Waals surface area (Å²) in [6, 6.07) is 0.444. The molecule has 1 amide bonds. The minimum Gasteiger partial charge on any atom is -0.353 e. The predicted molar refractivity (Wildman–Crippen MR) is 65.2 cm³/mol. The van der Waals surface area contributed by atoms with E-state index >= 15 is 0 Å². The fourth-order valence-corrected chi connectivity index (χ4v) is 2.86. The van der Waals surface area contributed by atoms with Gasteiger partial charge in [0.2, 0.25) is 5.91 Å². The molecule has 1 saturated carbocycles. The number of hydrogen-bond acceptors (Lipinski definition) is 2. The van der Waals surface area contributed by atoms with Crippen LogP contribution in [-0.2, 0) is 4.79 Å². The van der Waals surface area contributed by atoms with Gasteiger partial charge in [-0.1, -0.05) is 19.3 Å². The van der Waals surface area contributed by atoms with E-state index in [9.17, 15) is 4.79 Å². The second-order valence-corrected chi connectivity index (χ2v) is 5.65. The lowest BCUT2D eigenvalue weighted by Gasteiger charge is -2.35. The van der Waals surface area contributed by atoms with Crippen molar-refractivity contribution in [1.82, 2.24) is 10.6 Å². The molecule has 0 spiro atoms. The van der Waals surface area contributed by atoms with Gasteiger partial charge in [0.25, 0.3) is 0 Å². The summed E-state index contributed by atoms with van der Waals surface area (Å²) in [7, 11) is 0. The van der Waals surface area contributed by atoms with Gasteiger partial charge in [-0.25, -0.2) is 0 Å². The zero-order valence-corrected chi connectivity index (χ0v) is 10.3. The number of amides is 1. The molecule has 92 valence electrons. The van der Waals surface area contributed by atoms with E-state index in [4.69, 9.17) is 0 Å². The molecule has 1 unspecified atom stereocenters. The Balaban J connectivity index is 1.85. The average molecular weight is 224 g/mol. The van der Waals surface area contributed by atoms with Crippen LogP contribution in [0.4, 0.5) is 0 Å². The molecule has 3 nitrogen and oxygen atoms in total. The molecule has 1 aliphatic carbocycles. The Morgan fingerprint density at radius 2 is 2.00 bits per heavy atom. The predicted octanol–water partition coefficient (Wildman–Crippen LogP) is 1.82. The number of hydrogen-bond donors (Lipinski definition) is 2. The first-order valence-electron chi connectivity index (χ1n) is 6.72. The van der Waals surface area contributed by atoms with Gasteiger partial charge in [-0.2, -0.15) is 0 Å². The van der Waals surface area contributed by atoms with Crippen LogP contribution in [-0.4, -0.2) is 25.0 Å². The second kappa shape index (κ2) is 5.17. The van der Waals surface area contributed by atoms with Crippen LogP contribution in [0, 0.1) is 5.41 Å². The molecule has 1 atom stereocenters. The largest absolute Gasteiger partial charge is 0.353 e. The van der Waals surface area contributed by atoms with Crippen LogP contribution >= 0.6 is 0 Å². The lowest BCUT2D eigenvalue weighted by molar-refractivity contribution is -0.132. The van der Waals surface area contributed by atoms with Crippen molar-refractivity contribution in [3.8, 4) is 0 Å². The molecule has 3 heteroatoms. The molecular formula is C13H24N2O. The highest BCUT2D eigenvalue weighted by Crippen LogP contribution is 2.27. The number of nitrogens with one attached hydrogen (secondary N) is 2. The molecule has 1 aliphatic heterocycles. The Bertz CT molecular complexity index is 240. The van der Waals surface area contributed by atoms with Gasteiger partial charge in [-0.3, -0.25) is 4.79 Å². The van der Waals surface area contributed by atoms with Gasteiger partial charge in [-0.15, -0.1) is 0 Å². The molecular weight excluding hydrogens is 200 g/mol. The molecule has 2 N–H and O–H groups in total. The highest BCUT2D eigenvalue weighted by atomic mass is 16.2. The molecule has 2 aliphatic rings. The Labute approximate surface area is 98.4 Å². The van der Waals surface area contributed by atoms with Gasteiger partial charge >= 0.3 is 0 Å². The molecule has 2 rings (SSSR count). The van der Waals surface area contributed by atoms with Crippen LogP contribution < -0.4 is 10.6 Å². The Morgan fingerprint density at radius 3 is 2.62 bits per heavy atom. The van der Waals surface area contributed by atoms with Crippen molar-refractivity contribution in [2.75, 3.05) is 13.1 Å². The summed E-state index contributed by atoms with van der Waals surface area (Å²) in [5, 5.41) is 6.58. The highest BCUT2D eigenvalue weighted by molar-refractivity contribution is 5.82. The van der Waals surface area contributed by atoms with Crippen LogP contribution in [0.25, 0.3) is 0 Å². The summed E-state index contributed by atoms with van der Waals surface area (Å²) >= 11 is 0. The fraction of sp³-hybridized carbons (Fsp3) is 0.923. The summed E-state index contributed by atoms with van der Waals surface area (Å²) in [4.78, 5) is 12.2. The lowest BCUT2D eigenvalue weighted by Crippen LogP contribution is -2.51.